The smallest absolute Gasteiger partial charge is 0.259 e. The lowest BCUT2D eigenvalue weighted by Gasteiger charge is -2.11. The van der Waals surface area contributed by atoms with Crippen molar-refractivity contribution in [2.24, 2.45) is 5.73 Å². The number of nitrogens with two attached hydrogens (primary N) is 1. The van der Waals surface area contributed by atoms with Crippen LogP contribution in [0.1, 0.15) is 50.9 Å². The number of anilines is 2. The molecule has 1 aromatic heterocycles. The highest BCUT2D eigenvalue weighted by atomic mass is 32.1. The first-order valence-corrected chi connectivity index (χ1v) is 9.85. The van der Waals surface area contributed by atoms with Crippen molar-refractivity contribution in [3.63, 3.8) is 0 Å². The van der Waals surface area contributed by atoms with E-state index in [0.717, 1.165) is 10.4 Å². The van der Waals surface area contributed by atoms with E-state index in [2.05, 4.69) is 17.6 Å². The van der Waals surface area contributed by atoms with Gasteiger partial charge in [0.1, 0.15) is 5.00 Å². The van der Waals surface area contributed by atoms with Crippen molar-refractivity contribution < 1.29 is 14.4 Å². The molecular formula is C22H21N3O3S. The lowest BCUT2D eigenvalue weighted by Crippen LogP contribution is -2.28. The molecule has 1 unspecified atom stereocenters. The minimum Gasteiger partial charge on any atom is -0.366 e. The number of imide groups is 1. The molecule has 0 fully saturated rings. The molecule has 7 heteroatoms. The summed E-state index contributed by atoms with van der Waals surface area (Å²) in [6.45, 7) is 3.33. The van der Waals surface area contributed by atoms with Crippen LogP contribution < -0.4 is 16.4 Å². The van der Waals surface area contributed by atoms with Gasteiger partial charge in [-0.3, -0.25) is 19.7 Å². The van der Waals surface area contributed by atoms with Crippen molar-refractivity contribution in [2.45, 2.75) is 19.8 Å². The molecule has 6 nitrogen and oxygen atoms in total. The van der Waals surface area contributed by atoms with Crippen LogP contribution in [-0.4, -0.2) is 17.7 Å². The van der Waals surface area contributed by atoms with Crippen molar-refractivity contribution in [1.29, 1.82) is 0 Å². The van der Waals surface area contributed by atoms with E-state index >= 15 is 0 Å². The second-order valence-corrected chi connectivity index (χ2v) is 7.65. The Labute approximate surface area is 172 Å². The summed E-state index contributed by atoms with van der Waals surface area (Å²) < 4.78 is 0. The van der Waals surface area contributed by atoms with E-state index in [4.69, 9.17) is 5.73 Å². The topological polar surface area (TPSA) is 101 Å². The van der Waals surface area contributed by atoms with Gasteiger partial charge in [-0.05, 0) is 23.8 Å². The number of carbonyl (C=O) groups excluding carboxylic acids is 3. The Hall–Kier alpha value is -3.45. The van der Waals surface area contributed by atoms with Gasteiger partial charge >= 0.3 is 0 Å². The van der Waals surface area contributed by atoms with E-state index in [1.165, 1.54) is 18.3 Å². The second kappa shape index (κ2) is 8.70. The zero-order chi connectivity index (χ0) is 21.0. The second-order valence-electron chi connectivity index (χ2n) is 6.57. The molecule has 0 radical (unpaired) electrons. The van der Waals surface area contributed by atoms with Crippen molar-refractivity contribution in [1.82, 2.24) is 5.32 Å². The first kappa shape index (κ1) is 20.3. The van der Waals surface area contributed by atoms with Gasteiger partial charge in [-0.15, -0.1) is 11.3 Å². The van der Waals surface area contributed by atoms with Crippen molar-refractivity contribution in [3.05, 3.63) is 82.2 Å². The van der Waals surface area contributed by atoms with Gasteiger partial charge in [0.05, 0.1) is 16.8 Å². The molecule has 0 aliphatic rings. The van der Waals surface area contributed by atoms with Gasteiger partial charge in [0.25, 0.3) is 11.8 Å². The van der Waals surface area contributed by atoms with Crippen molar-refractivity contribution in [2.75, 3.05) is 5.32 Å². The Morgan fingerprint density at radius 1 is 0.966 bits per heavy atom. The Morgan fingerprint density at radius 2 is 1.62 bits per heavy atom. The molecule has 3 rings (SSSR count). The summed E-state index contributed by atoms with van der Waals surface area (Å²) in [5, 5.41) is 5.96. The molecule has 4 N–H and O–H groups in total. The molecule has 1 heterocycles. The van der Waals surface area contributed by atoms with E-state index < -0.39 is 17.7 Å². The van der Waals surface area contributed by atoms with Crippen LogP contribution in [0.25, 0.3) is 0 Å². The van der Waals surface area contributed by atoms with Crippen LogP contribution >= 0.6 is 11.3 Å². The van der Waals surface area contributed by atoms with Crippen LogP contribution in [-0.2, 0) is 4.79 Å². The molecule has 0 spiro atoms. The highest BCUT2D eigenvalue weighted by Gasteiger charge is 2.20. The average Bonchev–Trinajstić information content (AvgIpc) is 3.12. The molecule has 0 aliphatic carbocycles. The number of amides is 3. The molecule has 3 amide bonds. The van der Waals surface area contributed by atoms with Crippen LogP contribution in [0.3, 0.4) is 0 Å². The van der Waals surface area contributed by atoms with Crippen molar-refractivity contribution >= 4 is 39.7 Å². The third kappa shape index (κ3) is 4.70. The van der Waals surface area contributed by atoms with Gasteiger partial charge < -0.3 is 11.1 Å². The number of nitrogens with one attached hydrogen (secondary N) is 2. The standard InChI is InChI=1S/C22H21N3O3S/c1-13(15-8-4-3-5-9-15)19-12-17(20(23)27)22(29-19)25-18-11-7-6-10-16(18)21(28)24-14(2)26/h3-13,25H,1-2H3,(H2,23,27)(H,24,26,28). The van der Waals surface area contributed by atoms with Gasteiger partial charge in [0.15, 0.2) is 0 Å². The fourth-order valence-corrected chi connectivity index (χ4v) is 4.10. The van der Waals surface area contributed by atoms with Gasteiger partial charge in [-0.25, -0.2) is 0 Å². The molecule has 2 aromatic carbocycles. The van der Waals surface area contributed by atoms with Crippen LogP contribution in [0, 0.1) is 0 Å². The molecule has 148 valence electrons. The van der Waals surface area contributed by atoms with E-state index in [1.54, 1.807) is 30.3 Å². The summed E-state index contributed by atoms with van der Waals surface area (Å²) in [5.74, 6) is -1.44. The monoisotopic (exact) mass is 407 g/mol. The number of hydrogen-bond donors (Lipinski definition) is 3. The summed E-state index contributed by atoms with van der Waals surface area (Å²) in [6, 6.07) is 18.5. The summed E-state index contributed by atoms with van der Waals surface area (Å²) in [7, 11) is 0. The van der Waals surface area contributed by atoms with E-state index in [9.17, 15) is 14.4 Å². The first-order chi connectivity index (χ1) is 13.9. The fourth-order valence-electron chi connectivity index (χ4n) is 2.94. The van der Waals surface area contributed by atoms with E-state index in [0.29, 0.717) is 21.8 Å². The number of benzene rings is 2. The first-order valence-electron chi connectivity index (χ1n) is 9.03. The SMILES string of the molecule is CC(=O)NC(=O)c1ccccc1Nc1sc(C(C)c2ccccc2)cc1C(N)=O. The third-order valence-corrected chi connectivity index (χ3v) is 5.69. The number of para-hydroxylation sites is 1. The Balaban J connectivity index is 1.96. The molecule has 0 saturated heterocycles. The van der Waals surface area contributed by atoms with Crippen molar-refractivity contribution in [3.8, 4) is 0 Å². The quantitative estimate of drug-likeness (QED) is 0.574. The van der Waals surface area contributed by atoms with Gasteiger partial charge in [0, 0.05) is 17.7 Å². The Kier molecular flexibility index (Phi) is 6.09. The van der Waals surface area contributed by atoms with Gasteiger partial charge in [0.2, 0.25) is 5.91 Å². The van der Waals surface area contributed by atoms with Crippen LogP contribution in [0.15, 0.2) is 60.7 Å². The maximum atomic E-state index is 12.3. The summed E-state index contributed by atoms with van der Waals surface area (Å²) in [4.78, 5) is 36.5. The lowest BCUT2D eigenvalue weighted by molar-refractivity contribution is -0.118. The maximum absolute atomic E-state index is 12.3. The predicted molar refractivity (Wildman–Crippen MR) is 115 cm³/mol. The largest absolute Gasteiger partial charge is 0.366 e. The number of hydrogen-bond acceptors (Lipinski definition) is 5. The zero-order valence-corrected chi connectivity index (χ0v) is 16.9. The molecule has 1 atom stereocenters. The number of thiophene rings is 1. The highest BCUT2D eigenvalue weighted by Crippen LogP contribution is 2.37. The third-order valence-electron chi connectivity index (χ3n) is 4.45. The van der Waals surface area contributed by atoms with Crippen LogP contribution in [0.5, 0.6) is 0 Å². The Morgan fingerprint density at radius 3 is 2.28 bits per heavy atom. The molecule has 0 saturated carbocycles. The summed E-state index contributed by atoms with van der Waals surface area (Å²) in [6.07, 6.45) is 0. The molecule has 0 aliphatic heterocycles. The lowest BCUT2D eigenvalue weighted by atomic mass is 9.99. The normalized spacial score (nSPS) is 11.5. The Bertz CT molecular complexity index is 1060. The number of rotatable bonds is 6. The van der Waals surface area contributed by atoms with Gasteiger partial charge in [-0.1, -0.05) is 49.4 Å². The summed E-state index contributed by atoms with van der Waals surface area (Å²) in [5.41, 5.74) is 7.84. The van der Waals surface area contributed by atoms with E-state index in [-0.39, 0.29) is 5.92 Å². The van der Waals surface area contributed by atoms with Crippen LogP contribution in [0.4, 0.5) is 10.7 Å². The molecule has 29 heavy (non-hydrogen) atoms. The maximum Gasteiger partial charge on any atom is 0.259 e. The zero-order valence-electron chi connectivity index (χ0n) is 16.1. The van der Waals surface area contributed by atoms with Crippen LogP contribution in [0.2, 0.25) is 0 Å². The van der Waals surface area contributed by atoms with E-state index in [1.807, 2.05) is 30.3 Å². The van der Waals surface area contributed by atoms with Gasteiger partial charge in [-0.2, -0.15) is 0 Å². The molecular weight excluding hydrogens is 386 g/mol. The predicted octanol–water partition coefficient (Wildman–Crippen LogP) is 4.02. The molecule has 0 bridgehead atoms. The minimum absolute atomic E-state index is 0.0751. The minimum atomic E-state index is -0.555. The number of carbonyl (C=O) groups is 3. The fraction of sp³-hybridized carbons (Fsp3) is 0.136. The average molecular weight is 407 g/mol. The highest BCUT2D eigenvalue weighted by molar-refractivity contribution is 7.16. The summed E-state index contributed by atoms with van der Waals surface area (Å²) >= 11 is 1.41. The molecule has 3 aromatic rings. The number of primary amides is 1.